The van der Waals surface area contributed by atoms with Gasteiger partial charge in [-0.25, -0.2) is 4.79 Å². The van der Waals surface area contributed by atoms with Crippen molar-refractivity contribution >= 4 is 38.0 Å². The molecule has 13 heteroatoms. The SMILES string of the molecule is CC[C@H](C)[C@H](NCCc1ccccc1)C(=O)NC(=O)[C@@H](C[C@H](O[Si](C)(C)C(C)(C)C)[C@H](CC1CCCCC1)NC(=O)[C@H](CC(N)=O)NC(=O)OCc1ccccc1)C(C)C. The first kappa shape index (κ1) is 50.3. The number of primary amides is 1. The first-order chi connectivity index (χ1) is 28.3. The van der Waals surface area contributed by atoms with E-state index in [2.05, 4.69) is 67.3 Å². The number of ether oxygens (including phenoxy) is 1. The summed E-state index contributed by atoms with van der Waals surface area (Å²) in [5.74, 6) is -2.63. The van der Waals surface area contributed by atoms with Crippen molar-refractivity contribution in [3.63, 3.8) is 0 Å². The maximum Gasteiger partial charge on any atom is 0.408 e. The molecule has 2 aromatic carbocycles. The maximum atomic E-state index is 14.3. The molecule has 60 heavy (non-hydrogen) atoms. The van der Waals surface area contributed by atoms with Crippen LogP contribution in [0.25, 0.3) is 0 Å². The van der Waals surface area contributed by atoms with Crippen LogP contribution >= 0.6 is 0 Å². The summed E-state index contributed by atoms with van der Waals surface area (Å²) in [6.45, 7) is 19.2. The third-order valence-corrected chi connectivity index (χ3v) is 17.1. The van der Waals surface area contributed by atoms with Gasteiger partial charge in [0.2, 0.25) is 23.6 Å². The first-order valence-electron chi connectivity index (χ1n) is 22.2. The topological polar surface area (TPSA) is 178 Å². The lowest BCUT2D eigenvalue weighted by Crippen LogP contribution is -2.57. The molecular formula is C47H75N5O7Si. The van der Waals surface area contributed by atoms with Crippen molar-refractivity contribution in [3.05, 3.63) is 71.8 Å². The van der Waals surface area contributed by atoms with Crippen molar-refractivity contribution in [2.45, 2.75) is 162 Å². The lowest BCUT2D eigenvalue weighted by atomic mass is 9.81. The van der Waals surface area contributed by atoms with Gasteiger partial charge >= 0.3 is 6.09 Å². The van der Waals surface area contributed by atoms with Gasteiger partial charge in [-0.1, -0.05) is 148 Å². The normalized spacial score (nSPS) is 16.8. The molecule has 0 aromatic heterocycles. The summed E-state index contributed by atoms with van der Waals surface area (Å²) in [5.41, 5.74) is 7.54. The number of hydrogen-bond donors (Lipinski definition) is 5. The van der Waals surface area contributed by atoms with E-state index < -0.39 is 62.8 Å². The van der Waals surface area contributed by atoms with E-state index in [1.165, 1.54) is 0 Å². The van der Waals surface area contributed by atoms with Crippen molar-refractivity contribution in [1.29, 1.82) is 0 Å². The summed E-state index contributed by atoms with van der Waals surface area (Å²) < 4.78 is 12.6. The third-order valence-electron chi connectivity index (χ3n) is 12.6. The molecule has 0 radical (unpaired) electrons. The highest BCUT2D eigenvalue weighted by atomic mass is 28.4. The number of rotatable bonds is 23. The molecule has 0 spiro atoms. The number of carbonyl (C=O) groups is 5. The summed E-state index contributed by atoms with van der Waals surface area (Å²) in [7, 11) is -2.54. The number of benzene rings is 2. The molecule has 2 aromatic rings. The zero-order valence-corrected chi connectivity index (χ0v) is 38.8. The van der Waals surface area contributed by atoms with Crippen LogP contribution < -0.4 is 27.0 Å². The second-order valence-corrected chi connectivity index (χ2v) is 23.4. The molecule has 1 aliphatic carbocycles. The zero-order chi connectivity index (χ0) is 44.5. The van der Waals surface area contributed by atoms with E-state index in [0.717, 1.165) is 56.1 Å². The fourth-order valence-electron chi connectivity index (χ4n) is 7.56. The van der Waals surface area contributed by atoms with Crippen LogP contribution in [-0.4, -0.2) is 68.8 Å². The molecular weight excluding hydrogens is 775 g/mol. The van der Waals surface area contributed by atoms with Crippen LogP contribution in [0.2, 0.25) is 18.1 Å². The molecule has 0 aliphatic heterocycles. The molecule has 12 nitrogen and oxygen atoms in total. The van der Waals surface area contributed by atoms with Crippen LogP contribution in [0.1, 0.15) is 117 Å². The summed E-state index contributed by atoms with van der Waals surface area (Å²) in [5, 5.41) is 11.8. The van der Waals surface area contributed by atoms with Crippen molar-refractivity contribution in [1.82, 2.24) is 21.3 Å². The minimum Gasteiger partial charge on any atom is -0.445 e. The van der Waals surface area contributed by atoms with E-state index in [-0.39, 0.29) is 41.7 Å². The molecule has 6 atom stereocenters. The molecule has 0 saturated heterocycles. The van der Waals surface area contributed by atoms with Gasteiger partial charge in [0.25, 0.3) is 0 Å². The van der Waals surface area contributed by atoms with Crippen molar-refractivity contribution in [2.24, 2.45) is 29.4 Å². The Morgan fingerprint density at radius 2 is 1.43 bits per heavy atom. The summed E-state index contributed by atoms with van der Waals surface area (Å²) in [6.07, 6.45) is 5.68. The lowest BCUT2D eigenvalue weighted by molar-refractivity contribution is -0.136. The van der Waals surface area contributed by atoms with Crippen LogP contribution in [0.4, 0.5) is 4.79 Å². The van der Waals surface area contributed by atoms with Gasteiger partial charge in [0, 0.05) is 5.92 Å². The maximum absolute atomic E-state index is 14.3. The van der Waals surface area contributed by atoms with E-state index in [1.807, 2.05) is 76.2 Å². The predicted molar refractivity (Wildman–Crippen MR) is 240 cm³/mol. The summed E-state index contributed by atoms with van der Waals surface area (Å²) in [4.78, 5) is 67.8. The molecule has 1 aliphatic rings. The van der Waals surface area contributed by atoms with Crippen LogP contribution in [0, 0.1) is 23.7 Å². The fourth-order valence-corrected chi connectivity index (χ4v) is 8.94. The molecule has 3 rings (SSSR count). The number of hydrogen-bond acceptors (Lipinski definition) is 8. The van der Waals surface area contributed by atoms with Crippen LogP contribution in [0.15, 0.2) is 60.7 Å². The molecule has 6 N–H and O–H groups in total. The molecule has 1 fully saturated rings. The molecule has 0 bridgehead atoms. The highest BCUT2D eigenvalue weighted by Crippen LogP contribution is 2.40. The number of amides is 5. The monoisotopic (exact) mass is 850 g/mol. The third kappa shape index (κ3) is 16.8. The van der Waals surface area contributed by atoms with Crippen LogP contribution in [0.5, 0.6) is 0 Å². The van der Waals surface area contributed by atoms with Gasteiger partial charge in [-0.05, 0) is 72.8 Å². The summed E-state index contributed by atoms with van der Waals surface area (Å²) >= 11 is 0. The zero-order valence-electron chi connectivity index (χ0n) is 37.8. The molecule has 5 amide bonds. The van der Waals surface area contributed by atoms with E-state index in [0.29, 0.717) is 18.9 Å². The van der Waals surface area contributed by atoms with Gasteiger partial charge in [-0.2, -0.15) is 0 Å². The predicted octanol–water partition coefficient (Wildman–Crippen LogP) is 7.55. The highest BCUT2D eigenvalue weighted by Gasteiger charge is 2.44. The van der Waals surface area contributed by atoms with Crippen molar-refractivity contribution < 1.29 is 33.1 Å². The van der Waals surface area contributed by atoms with Gasteiger partial charge in [-0.3, -0.25) is 24.5 Å². The Bertz CT molecular complexity index is 1650. The molecule has 0 unspecified atom stereocenters. The minimum atomic E-state index is -2.54. The number of nitrogens with one attached hydrogen (secondary N) is 4. The second kappa shape index (κ2) is 24.4. The standard InChI is InChI=1S/C47H75N5O7Si/c1-10-33(4)42(49-27-26-34-20-14-11-15-21-34)45(56)52-43(54)37(32(2)3)29-40(59-60(8,9)47(5,6)7)38(28-35-22-16-12-17-23-35)50-44(55)39(30-41(48)53)51-46(57)58-31-36-24-18-13-19-25-36/h11,13-15,18-21,24-25,32-33,35,37-40,42,49H,10,12,16-17,22-23,26-31H2,1-9H3,(H2,48,53)(H,50,55)(H,51,57)(H,52,54,56)/t33-,37-,38-,39-,40-,42-/m0/s1. The van der Waals surface area contributed by atoms with E-state index in [9.17, 15) is 24.0 Å². The molecule has 0 heterocycles. The van der Waals surface area contributed by atoms with Gasteiger partial charge in [0.05, 0.1) is 24.6 Å². The number of alkyl carbamates (subject to hydrolysis) is 1. The van der Waals surface area contributed by atoms with Gasteiger partial charge in [0.15, 0.2) is 8.32 Å². The Labute approximate surface area is 360 Å². The van der Waals surface area contributed by atoms with E-state index in [4.69, 9.17) is 14.9 Å². The smallest absolute Gasteiger partial charge is 0.408 e. The minimum absolute atomic E-state index is 0.0200. The lowest BCUT2D eigenvalue weighted by Gasteiger charge is -2.43. The van der Waals surface area contributed by atoms with Crippen LogP contribution in [-0.2, 0) is 41.4 Å². The van der Waals surface area contributed by atoms with Gasteiger partial charge in [-0.15, -0.1) is 0 Å². The van der Waals surface area contributed by atoms with Crippen molar-refractivity contribution in [2.75, 3.05) is 6.54 Å². The second-order valence-electron chi connectivity index (χ2n) is 18.7. The number of imide groups is 1. The number of carbonyl (C=O) groups excluding carboxylic acids is 5. The summed E-state index contributed by atoms with van der Waals surface area (Å²) in [6, 6.07) is 16.8. The quantitative estimate of drug-likeness (QED) is 0.0712. The van der Waals surface area contributed by atoms with E-state index >= 15 is 0 Å². The average Bonchev–Trinajstić information content (AvgIpc) is 3.19. The van der Waals surface area contributed by atoms with E-state index in [1.54, 1.807) is 0 Å². The van der Waals surface area contributed by atoms with Crippen LogP contribution in [0.3, 0.4) is 0 Å². The largest absolute Gasteiger partial charge is 0.445 e. The number of nitrogens with two attached hydrogens (primary N) is 1. The Morgan fingerprint density at radius 1 is 0.833 bits per heavy atom. The Hall–Kier alpha value is -4.07. The van der Waals surface area contributed by atoms with Crippen molar-refractivity contribution in [3.8, 4) is 0 Å². The van der Waals surface area contributed by atoms with Gasteiger partial charge in [0.1, 0.15) is 12.6 Å². The molecule has 334 valence electrons. The first-order valence-corrected chi connectivity index (χ1v) is 25.1. The fraction of sp³-hybridized carbons (Fsp3) is 0.638. The Balaban J connectivity index is 1.93. The van der Waals surface area contributed by atoms with Gasteiger partial charge < -0.3 is 30.8 Å². The average molecular weight is 850 g/mol. The Kier molecular flexibility index (Phi) is 20.4. The Morgan fingerprint density at radius 3 is 1.98 bits per heavy atom. The highest BCUT2D eigenvalue weighted by molar-refractivity contribution is 6.74. The molecule has 1 saturated carbocycles.